The third-order valence-electron chi connectivity index (χ3n) is 2.53. The van der Waals surface area contributed by atoms with Crippen LogP contribution in [0.25, 0.3) is 0 Å². The second-order valence-corrected chi connectivity index (χ2v) is 4.23. The van der Waals surface area contributed by atoms with Gasteiger partial charge in [0.1, 0.15) is 0 Å². The largest absolute Gasteiger partial charge is 0.311 e. The van der Waals surface area contributed by atoms with E-state index >= 15 is 0 Å². The number of hydrogen-bond acceptors (Lipinski definition) is 1. The van der Waals surface area contributed by atoms with E-state index in [1.54, 1.807) is 0 Å². The van der Waals surface area contributed by atoms with Gasteiger partial charge in [-0.05, 0) is 25.7 Å². The molecule has 0 heterocycles. The molecule has 2 unspecified atom stereocenters. The van der Waals surface area contributed by atoms with Gasteiger partial charge in [-0.15, -0.1) is 0 Å². The van der Waals surface area contributed by atoms with Crippen molar-refractivity contribution in [2.75, 3.05) is 0 Å². The molecule has 0 amide bonds. The summed E-state index contributed by atoms with van der Waals surface area (Å²) in [5.41, 5.74) is 0. The summed E-state index contributed by atoms with van der Waals surface area (Å²) in [4.78, 5) is 0. The molecule has 0 saturated heterocycles. The number of rotatable bonds is 4. The third kappa shape index (κ3) is 4.41. The lowest BCUT2D eigenvalue weighted by Gasteiger charge is -2.25. The van der Waals surface area contributed by atoms with Crippen molar-refractivity contribution in [3.8, 4) is 0 Å². The van der Waals surface area contributed by atoms with E-state index in [4.69, 9.17) is 0 Å². The molecule has 0 aliphatic carbocycles. The van der Waals surface area contributed by atoms with Crippen LogP contribution in [0, 0.1) is 11.8 Å². The first-order valence-electron chi connectivity index (χ1n) is 4.71. The molecule has 0 fully saturated rings. The molecule has 0 aromatic heterocycles. The molecule has 0 saturated carbocycles. The van der Waals surface area contributed by atoms with Crippen molar-refractivity contribution in [1.82, 2.24) is 5.32 Å². The zero-order valence-corrected chi connectivity index (χ0v) is 8.81. The van der Waals surface area contributed by atoms with Gasteiger partial charge in [-0.3, -0.25) is 0 Å². The lowest BCUT2D eigenvalue weighted by atomic mass is 10.0. The van der Waals surface area contributed by atoms with Crippen molar-refractivity contribution >= 4 is 0 Å². The van der Waals surface area contributed by atoms with Crippen molar-refractivity contribution in [2.45, 2.75) is 53.6 Å². The molecule has 0 spiro atoms. The summed E-state index contributed by atoms with van der Waals surface area (Å²) >= 11 is 0. The van der Waals surface area contributed by atoms with Crippen LogP contribution in [0.5, 0.6) is 0 Å². The van der Waals surface area contributed by atoms with Crippen molar-refractivity contribution in [1.29, 1.82) is 0 Å². The van der Waals surface area contributed by atoms with Gasteiger partial charge in [0.05, 0.1) is 0 Å². The molecule has 0 aromatic carbocycles. The summed E-state index contributed by atoms with van der Waals surface area (Å²) in [5.74, 6) is 1.47. The predicted octanol–water partition coefficient (Wildman–Crippen LogP) is 2.67. The Morgan fingerprint density at radius 3 is 1.09 bits per heavy atom. The zero-order valence-electron chi connectivity index (χ0n) is 8.81. The normalized spacial score (nSPS) is 17.5. The third-order valence-corrected chi connectivity index (χ3v) is 2.53. The fraction of sp³-hybridized carbons (Fsp3) is 1.00. The Kier molecular flexibility index (Phi) is 4.74. The van der Waals surface area contributed by atoms with Crippen LogP contribution >= 0.6 is 0 Å². The average Bonchev–Trinajstić information content (AvgIpc) is 1.87. The van der Waals surface area contributed by atoms with Crippen LogP contribution in [0.4, 0.5) is 0 Å². The van der Waals surface area contributed by atoms with E-state index in [9.17, 15) is 0 Å². The zero-order chi connectivity index (χ0) is 9.02. The monoisotopic (exact) mass is 157 g/mol. The molecular weight excluding hydrogens is 134 g/mol. The van der Waals surface area contributed by atoms with Gasteiger partial charge in [0.25, 0.3) is 0 Å². The van der Waals surface area contributed by atoms with Crippen LogP contribution in [-0.4, -0.2) is 12.1 Å². The smallest absolute Gasteiger partial charge is 0.00643 e. The Labute approximate surface area is 71.6 Å². The minimum absolute atomic E-state index is 0.632. The summed E-state index contributed by atoms with van der Waals surface area (Å²) in [5, 5.41) is 3.58. The fourth-order valence-corrected chi connectivity index (χ4v) is 0.800. The van der Waals surface area contributed by atoms with Crippen molar-refractivity contribution in [2.24, 2.45) is 11.8 Å². The predicted molar refractivity (Wildman–Crippen MR) is 51.7 cm³/mol. The molecule has 0 aromatic rings. The summed E-state index contributed by atoms with van der Waals surface area (Å²) in [6.45, 7) is 13.5. The quantitative estimate of drug-likeness (QED) is 0.661. The molecule has 11 heavy (non-hydrogen) atoms. The Balaban J connectivity index is 3.66. The first-order chi connectivity index (χ1) is 4.95. The van der Waals surface area contributed by atoms with Gasteiger partial charge >= 0.3 is 0 Å². The lowest BCUT2D eigenvalue weighted by Crippen LogP contribution is -2.40. The molecule has 1 heteroatoms. The van der Waals surface area contributed by atoms with Gasteiger partial charge in [-0.25, -0.2) is 0 Å². The van der Waals surface area contributed by atoms with Crippen LogP contribution in [0.3, 0.4) is 0 Å². The summed E-state index contributed by atoms with van der Waals surface area (Å²) in [7, 11) is 0. The van der Waals surface area contributed by atoms with Crippen molar-refractivity contribution < 1.29 is 0 Å². The standard InChI is InChI=1S/C10H23N/c1-7(2)9(5)11-10(6)8(3)4/h7-11H,1-6H3. The molecule has 0 aliphatic heterocycles. The minimum Gasteiger partial charge on any atom is -0.311 e. The highest BCUT2D eigenvalue weighted by molar-refractivity contribution is 4.71. The van der Waals surface area contributed by atoms with E-state index in [0.717, 1.165) is 11.8 Å². The highest BCUT2D eigenvalue weighted by atomic mass is 14.9. The summed E-state index contributed by atoms with van der Waals surface area (Å²) in [6, 6.07) is 1.26. The maximum Gasteiger partial charge on any atom is 0.00643 e. The highest BCUT2D eigenvalue weighted by Gasteiger charge is 2.12. The van der Waals surface area contributed by atoms with Crippen LogP contribution in [0.2, 0.25) is 0 Å². The molecule has 1 N–H and O–H groups in total. The van der Waals surface area contributed by atoms with Crippen LogP contribution in [0.1, 0.15) is 41.5 Å². The summed E-state index contributed by atoms with van der Waals surface area (Å²) in [6.07, 6.45) is 0. The van der Waals surface area contributed by atoms with Gasteiger partial charge < -0.3 is 5.32 Å². The fourth-order valence-electron chi connectivity index (χ4n) is 0.800. The van der Waals surface area contributed by atoms with E-state index < -0.39 is 0 Å². The summed E-state index contributed by atoms with van der Waals surface area (Å²) < 4.78 is 0. The molecule has 1 nitrogen and oxygen atoms in total. The Bertz CT molecular complexity index is 85.0. The molecule has 2 atom stereocenters. The second kappa shape index (κ2) is 4.76. The van der Waals surface area contributed by atoms with Crippen LogP contribution in [-0.2, 0) is 0 Å². The maximum atomic E-state index is 3.58. The molecule has 68 valence electrons. The molecule has 0 bridgehead atoms. The average molecular weight is 157 g/mol. The van der Waals surface area contributed by atoms with Crippen LogP contribution < -0.4 is 5.32 Å². The topological polar surface area (TPSA) is 12.0 Å². The van der Waals surface area contributed by atoms with E-state index in [1.165, 1.54) is 0 Å². The molecule has 0 aliphatic rings. The Hall–Kier alpha value is -0.0400. The van der Waals surface area contributed by atoms with E-state index in [0.29, 0.717) is 12.1 Å². The van der Waals surface area contributed by atoms with Gasteiger partial charge in [0.15, 0.2) is 0 Å². The Morgan fingerprint density at radius 1 is 0.636 bits per heavy atom. The lowest BCUT2D eigenvalue weighted by molar-refractivity contribution is 0.335. The van der Waals surface area contributed by atoms with E-state index in [-0.39, 0.29) is 0 Å². The van der Waals surface area contributed by atoms with Gasteiger partial charge in [0.2, 0.25) is 0 Å². The van der Waals surface area contributed by atoms with Gasteiger partial charge in [-0.2, -0.15) is 0 Å². The highest BCUT2D eigenvalue weighted by Crippen LogP contribution is 2.05. The first kappa shape index (κ1) is 11.0. The molecular formula is C10H23N. The molecule has 0 radical (unpaired) electrons. The SMILES string of the molecule is CC(C)C(C)NC(C)C(C)C. The van der Waals surface area contributed by atoms with Crippen LogP contribution in [0.15, 0.2) is 0 Å². The van der Waals surface area contributed by atoms with Crippen molar-refractivity contribution in [3.05, 3.63) is 0 Å². The first-order valence-corrected chi connectivity index (χ1v) is 4.71. The van der Waals surface area contributed by atoms with Gasteiger partial charge in [-0.1, -0.05) is 27.7 Å². The maximum absolute atomic E-state index is 3.58. The number of hydrogen-bond donors (Lipinski definition) is 1. The van der Waals surface area contributed by atoms with E-state index in [2.05, 4.69) is 46.9 Å². The second-order valence-electron chi connectivity index (χ2n) is 4.23. The number of nitrogens with one attached hydrogen (secondary N) is 1. The molecule has 0 rings (SSSR count). The Morgan fingerprint density at radius 2 is 0.909 bits per heavy atom. The van der Waals surface area contributed by atoms with Crippen molar-refractivity contribution in [3.63, 3.8) is 0 Å². The van der Waals surface area contributed by atoms with E-state index in [1.807, 2.05) is 0 Å². The minimum atomic E-state index is 0.632. The van der Waals surface area contributed by atoms with Gasteiger partial charge in [0, 0.05) is 12.1 Å².